The molecule has 8 nitrogen and oxygen atoms in total. The Labute approximate surface area is 133 Å². The Kier molecular flexibility index (Phi) is 5.78. The highest BCUT2D eigenvalue weighted by molar-refractivity contribution is 5.73. The van der Waals surface area contributed by atoms with E-state index in [9.17, 15) is 20.1 Å². The minimum absolute atomic E-state index is 0.394. The van der Waals surface area contributed by atoms with Gasteiger partial charge in [0.15, 0.2) is 0 Å². The van der Waals surface area contributed by atoms with E-state index in [1.807, 2.05) is 0 Å². The highest BCUT2D eigenvalue weighted by atomic mass is 16.7. The van der Waals surface area contributed by atoms with Crippen molar-refractivity contribution in [3.8, 4) is 11.5 Å². The van der Waals surface area contributed by atoms with Crippen LogP contribution in [-0.4, -0.2) is 65.6 Å². The number of carbonyl (C=O) groups is 1. The van der Waals surface area contributed by atoms with Crippen LogP contribution in [0.1, 0.15) is 6.92 Å². The first-order chi connectivity index (χ1) is 11.0. The van der Waals surface area contributed by atoms with Gasteiger partial charge in [-0.1, -0.05) is 6.07 Å². The molecule has 8 heteroatoms. The minimum Gasteiger partial charge on any atom is -0.497 e. The average molecular weight is 327 g/mol. The molecule has 2 rings (SSSR count). The van der Waals surface area contributed by atoms with Crippen LogP contribution in [0.3, 0.4) is 0 Å². The molecule has 1 aliphatic rings. The summed E-state index contributed by atoms with van der Waals surface area (Å²) < 4.78 is 16.2. The first kappa shape index (κ1) is 17.5. The van der Waals surface area contributed by atoms with Crippen LogP contribution in [0.2, 0.25) is 0 Å². The summed E-state index contributed by atoms with van der Waals surface area (Å²) in [7, 11) is 1.51. The molecular formula is C15H21NO7. The molecule has 0 unspecified atom stereocenters. The van der Waals surface area contributed by atoms with Gasteiger partial charge < -0.3 is 34.8 Å². The van der Waals surface area contributed by atoms with Gasteiger partial charge in [-0.2, -0.15) is 0 Å². The van der Waals surface area contributed by atoms with Crippen molar-refractivity contribution < 1.29 is 34.3 Å². The quantitative estimate of drug-likeness (QED) is 0.549. The zero-order valence-corrected chi connectivity index (χ0v) is 12.9. The van der Waals surface area contributed by atoms with Crippen molar-refractivity contribution in [2.75, 3.05) is 13.7 Å². The summed E-state index contributed by atoms with van der Waals surface area (Å²) in [5.74, 6) is 0.546. The number of aliphatic hydroxyl groups excluding tert-OH is 3. The molecule has 1 saturated heterocycles. The standard InChI is InChI=1S/C15H21NO7/c1-8(18)16-12-14(20)13(19)11(7-17)23-15(12)22-10-5-3-4-9(6-10)21-2/h3-6,11-15,17,19-20H,7H2,1-2H3,(H,16,18)/t11-,12+,13+,14+,15-/m1/s1. The predicted molar refractivity (Wildman–Crippen MR) is 79.0 cm³/mol. The van der Waals surface area contributed by atoms with Crippen LogP contribution in [0.5, 0.6) is 11.5 Å². The lowest BCUT2D eigenvalue weighted by atomic mass is 9.97. The lowest BCUT2D eigenvalue weighted by Gasteiger charge is -2.42. The number of nitrogens with one attached hydrogen (secondary N) is 1. The Morgan fingerprint density at radius 3 is 2.61 bits per heavy atom. The van der Waals surface area contributed by atoms with Gasteiger partial charge in [0.25, 0.3) is 0 Å². The van der Waals surface area contributed by atoms with Crippen LogP contribution >= 0.6 is 0 Å². The maximum atomic E-state index is 11.3. The second kappa shape index (κ2) is 7.60. The summed E-state index contributed by atoms with van der Waals surface area (Å²) in [6, 6.07) is 5.71. The van der Waals surface area contributed by atoms with E-state index in [0.717, 1.165) is 0 Å². The van der Waals surface area contributed by atoms with Crippen molar-refractivity contribution in [2.24, 2.45) is 0 Å². The molecule has 0 spiro atoms. The van der Waals surface area contributed by atoms with Crippen molar-refractivity contribution in [2.45, 2.75) is 37.6 Å². The molecule has 1 amide bonds. The zero-order chi connectivity index (χ0) is 17.0. The van der Waals surface area contributed by atoms with E-state index in [1.165, 1.54) is 14.0 Å². The van der Waals surface area contributed by atoms with Crippen LogP contribution in [-0.2, 0) is 9.53 Å². The number of ether oxygens (including phenoxy) is 3. The number of carbonyl (C=O) groups excluding carboxylic acids is 1. The number of methoxy groups -OCH3 is 1. The molecule has 0 saturated carbocycles. The Balaban J connectivity index is 2.21. The molecule has 0 aromatic heterocycles. The molecule has 5 atom stereocenters. The lowest BCUT2D eigenvalue weighted by molar-refractivity contribution is -0.244. The summed E-state index contributed by atoms with van der Waals surface area (Å²) in [5.41, 5.74) is 0. The van der Waals surface area contributed by atoms with E-state index in [2.05, 4.69) is 5.32 Å². The summed E-state index contributed by atoms with van der Waals surface area (Å²) >= 11 is 0. The third kappa shape index (κ3) is 4.11. The number of benzene rings is 1. The van der Waals surface area contributed by atoms with Gasteiger partial charge in [0, 0.05) is 13.0 Å². The normalized spacial score (nSPS) is 30.6. The SMILES string of the molecule is COc1cccc(O[C@@H]2O[C@H](CO)[C@H](O)[C@@H](O)[C@@H]2NC(C)=O)c1. The largest absolute Gasteiger partial charge is 0.497 e. The fraction of sp³-hybridized carbons (Fsp3) is 0.533. The molecule has 0 bridgehead atoms. The number of hydrogen-bond donors (Lipinski definition) is 4. The van der Waals surface area contributed by atoms with Crippen LogP contribution in [0, 0.1) is 0 Å². The molecule has 1 heterocycles. The number of rotatable bonds is 5. The van der Waals surface area contributed by atoms with Gasteiger partial charge in [-0.15, -0.1) is 0 Å². The Morgan fingerprint density at radius 2 is 2.00 bits per heavy atom. The van der Waals surface area contributed by atoms with Gasteiger partial charge in [0.1, 0.15) is 35.9 Å². The van der Waals surface area contributed by atoms with Gasteiger partial charge in [0.2, 0.25) is 12.2 Å². The molecule has 1 aliphatic heterocycles. The Hall–Kier alpha value is -1.87. The molecule has 1 aromatic rings. The van der Waals surface area contributed by atoms with E-state index in [1.54, 1.807) is 24.3 Å². The first-order valence-corrected chi connectivity index (χ1v) is 7.16. The molecule has 4 N–H and O–H groups in total. The van der Waals surface area contributed by atoms with Crippen LogP contribution in [0.15, 0.2) is 24.3 Å². The molecule has 23 heavy (non-hydrogen) atoms. The molecular weight excluding hydrogens is 306 g/mol. The van der Waals surface area contributed by atoms with Crippen molar-refractivity contribution in [1.29, 1.82) is 0 Å². The monoisotopic (exact) mass is 327 g/mol. The number of aliphatic hydroxyl groups is 3. The minimum atomic E-state index is -1.35. The smallest absolute Gasteiger partial charge is 0.223 e. The summed E-state index contributed by atoms with van der Waals surface area (Å²) in [6.07, 6.45) is -4.80. The second-order valence-corrected chi connectivity index (χ2v) is 5.23. The maximum absolute atomic E-state index is 11.3. The van der Waals surface area contributed by atoms with Gasteiger partial charge >= 0.3 is 0 Å². The highest BCUT2D eigenvalue weighted by Crippen LogP contribution is 2.26. The molecule has 0 aliphatic carbocycles. The fourth-order valence-corrected chi connectivity index (χ4v) is 2.38. The van der Waals surface area contributed by atoms with Crippen molar-refractivity contribution >= 4 is 5.91 Å². The number of hydrogen-bond acceptors (Lipinski definition) is 7. The fourth-order valence-electron chi connectivity index (χ4n) is 2.38. The zero-order valence-electron chi connectivity index (χ0n) is 12.9. The van der Waals surface area contributed by atoms with Crippen molar-refractivity contribution in [3.63, 3.8) is 0 Å². The maximum Gasteiger partial charge on any atom is 0.223 e. The number of amides is 1. The van der Waals surface area contributed by atoms with E-state index in [0.29, 0.717) is 11.5 Å². The van der Waals surface area contributed by atoms with Gasteiger partial charge in [-0.25, -0.2) is 0 Å². The molecule has 1 aromatic carbocycles. The summed E-state index contributed by atoms with van der Waals surface area (Å²) in [4.78, 5) is 11.3. The van der Waals surface area contributed by atoms with E-state index >= 15 is 0 Å². The third-order valence-electron chi connectivity index (χ3n) is 3.54. The topological polar surface area (TPSA) is 117 Å². The van der Waals surface area contributed by atoms with Gasteiger partial charge in [0.05, 0.1) is 13.7 Å². The van der Waals surface area contributed by atoms with Crippen molar-refractivity contribution in [1.82, 2.24) is 5.32 Å². The second-order valence-electron chi connectivity index (χ2n) is 5.23. The van der Waals surface area contributed by atoms with E-state index < -0.39 is 43.2 Å². The van der Waals surface area contributed by atoms with E-state index in [-0.39, 0.29) is 0 Å². The summed E-state index contributed by atoms with van der Waals surface area (Å²) in [6.45, 7) is 0.781. The predicted octanol–water partition coefficient (Wildman–Crippen LogP) is -0.982. The first-order valence-electron chi connectivity index (χ1n) is 7.16. The Morgan fingerprint density at radius 1 is 1.30 bits per heavy atom. The lowest BCUT2D eigenvalue weighted by Crippen LogP contribution is -2.65. The van der Waals surface area contributed by atoms with Crippen LogP contribution in [0.25, 0.3) is 0 Å². The molecule has 128 valence electrons. The molecule has 0 radical (unpaired) electrons. The van der Waals surface area contributed by atoms with Crippen molar-refractivity contribution in [3.05, 3.63) is 24.3 Å². The van der Waals surface area contributed by atoms with Gasteiger partial charge in [-0.05, 0) is 12.1 Å². The van der Waals surface area contributed by atoms with Gasteiger partial charge in [-0.3, -0.25) is 4.79 Å². The highest BCUT2D eigenvalue weighted by Gasteiger charge is 2.46. The van der Waals surface area contributed by atoms with Crippen LogP contribution in [0.4, 0.5) is 0 Å². The summed E-state index contributed by atoms with van der Waals surface area (Å²) in [5, 5.41) is 31.8. The third-order valence-corrected chi connectivity index (χ3v) is 3.54. The van der Waals surface area contributed by atoms with E-state index in [4.69, 9.17) is 14.2 Å². The molecule has 1 fully saturated rings. The van der Waals surface area contributed by atoms with Crippen LogP contribution < -0.4 is 14.8 Å². The Bertz CT molecular complexity index is 538. The average Bonchev–Trinajstić information content (AvgIpc) is 2.54.